The molecule has 1 atom stereocenters. The van der Waals surface area contributed by atoms with Crippen LogP contribution in [-0.2, 0) is 9.53 Å². The maximum Gasteiger partial charge on any atom is 0.418 e. The van der Waals surface area contributed by atoms with Crippen molar-refractivity contribution in [1.82, 2.24) is 4.90 Å². The third kappa shape index (κ3) is 4.28. The highest BCUT2D eigenvalue weighted by molar-refractivity contribution is 6.16. The molecule has 1 aromatic carbocycles. The fourth-order valence-electron chi connectivity index (χ4n) is 2.80. The lowest BCUT2D eigenvalue weighted by Gasteiger charge is -2.37. The highest BCUT2D eigenvalue weighted by Gasteiger charge is 2.42. The van der Waals surface area contributed by atoms with E-state index in [1.807, 2.05) is 44.2 Å². The van der Waals surface area contributed by atoms with E-state index in [0.29, 0.717) is 5.71 Å². The van der Waals surface area contributed by atoms with Gasteiger partial charge in [-0.3, -0.25) is 4.79 Å². The molecule has 5 heteroatoms. The van der Waals surface area contributed by atoms with Gasteiger partial charge in [-0.2, -0.15) is 0 Å². The third-order valence-corrected chi connectivity index (χ3v) is 3.80. The van der Waals surface area contributed by atoms with E-state index in [9.17, 15) is 9.59 Å². The SMILES string of the molecule is C=C/C=C1\N=C(c2ccccc2)[C@H](C(C)C)N(C(=O)OC(C)(C)C)C1=O. The van der Waals surface area contributed by atoms with Gasteiger partial charge in [0.1, 0.15) is 11.3 Å². The minimum atomic E-state index is -0.706. The first-order valence-corrected chi connectivity index (χ1v) is 8.69. The van der Waals surface area contributed by atoms with Crippen LogP contribution >= 0.6 is 0 Å². The van der Waals surface area contributed by atoms with E-state index in [1.165, 1.54) is 17.1 Å². The summed E-state index contributed by atoms with van der Waals surface area (Å²) in [6.07, 6.45) is 2.33. The molecule has 26 heavy (non-hydrogen) atoms. The first-order chi connectivity index (χ1) is 12.2. The van der Waals surface area contributed by atoms with Crippen molar-refractivity contribution in [3.63, 3.8) is 0 Å². The van der Waals surface area contributed by atoms with E-state index in [0.717, 1.165) is 5.56 Å². The molecule has 0 saturated carbocycles. The number of hydrogen-bond acceptors (Lipinski definition) is 4. The van der Waals surface area contributed by atoms with Gasteiger partial charge in [0, 0.05) is 0 Å². The maximum atomic E-state index is 12.9. The van der Waals surface area contributed by atoms with Crippen LogP contribution in [0.1, 0.15) is 40.2 Å². The largest absolute Gasteiger partial charge is 0.443 e. The van der Waals surface area contributed by atoms with E-state index >= 15 is 0 Å². The van der Waals surface area contributed by atoms with Crippen LogP contribution in [0.3, 0.4) is 0 Å². The van der Waals surface area contributed by atoms with Crippen molar-refractivity contribution < 1.29 is 14.3 Å². The lowest BCUT2D eigenvalue weighted by atomic mass is 9.90. The number of benzene rings is 1. The molecule has 0 aromatic heterocycles. The minimum absolute atomic E-state index is 0.0318. The first kappa shape index (κ1) is 19.6. The molecule has 0 aliphatic carbocycles. The molecule has 0 saturated heterocycles. The lowest BCUT2D eigenvalue weighted by Crippen LogP contribution is -2.55. The summed E-state index contributed by atoms with van der Waals surface area (Å²) in [4.78, 5) is 31.5. The molecular formula is C21H26N2O3. The Balaban J connectivity index is 2.61. The molecule has 2 rings (SSSR count). The molecule has 0 N–H and O–H groups in total. The van der Waals surface area contributed by atoms with Crippen LogP contribution in [0.25, 0.3) is 0 Å². The summed E-state index contributed by atoms with van der Waals surface area (Å²) >= 11 is 0. The minimum Gasteiger partial charge on any atom is -0.443 e. The van der Waals surface area contributed by atoms with Crippen LogP contribution in [0.5, 0.6) is 0 Å². The Hall–Kier alpha value is -2.69. The van der Waals surface area contributed by atoms with E-state index in [-0.39, 0.29) is 11.6 Å². The number of ether oxygens (including phenoxy) is 1. The maximum absolute atomic E-state index is 12.9. The topological polar surface area (TPSA) is 59.0 Å². The Morgan fingerprint density at radius 3 is 2.38 bits per heavy atom. The number of amides is 2. The summed E-state index contributed by atoms with van der Waals surface area (Å²) in [6, 6.07) is 9.04. The first-order valence-electron chi connectivity index (χ1n) is 8.69. The number of imide groups is 1. The second-order valence-electron chi connectivity index (χ2n) is 7.50. The molecule has 1 aromatic rings. The Kier molecular flexibility index (Phi) is 5.80. The quantitative estimate of drug-likeness (QED) is 0.758. The van der Waals surface area contributed by atoms with Crippen LogP contribution in [0.4, 0.5) is 4.79 Å². The molecule has 1 aliphatic rings. The van der Waals surface area contributed by atoms with Gasteiger partial charge >= 0.3 is 6.09 Å². The van der Waals surface area contributed by atoms with Gasteiger partial charge in [-0.15, -0.1) is 0 Å². The lowest BCUT2D eigenvalue weighted by molar-refractivity contribution is -0.128. The van der Waals surface area contributed by atoms with Gasteiger partial charge in [-0.1, -0.05) is 56.8 Å². The molecule has 5 nitrogen and oxygen atoms in total. The predicted molar refractivity (Wildman–Crippen MR) is 103 cm³/mol. The Morgan fingerprint density at radius 1 is 1.27 bits per heavy atom. The van der Waals surface area contributed by atoms with Crippen molar-refractivity contribution in [3.8, 4) is 0 Å². The van der Waals surface area contributed by atoms with Gasteiger partial charge in [-0.25, -0.2) is 14.7 Å². The fraction of sp³-hybridized carbons (Fsp3) is 0.381. The normalized spacial score (nSPS) is 19.5. The summed E-state index contributed by atoms with van der Waals surface area (Å²) in [5, 5.41) is 0. The van der Waals surface area contributed by atoms with Crippen molar-refractivity contribution in [1.29, 1.82) is 0 Å². The highest BCUT2D eigenvalue weighted by Crippen LogP contribution is 2.27. The summed E-state index contributed by atoms with van der Waals surface area (Å²) in [7, 11) is 0. The van der Waals surface area contributed by atoms with Gasteiger partial charge in [0.2, 0.25) is 0 Å². The summed E-state index contributed by atoms with van der Waals surface area (Å²) < 4.78 is 5.50. The molecule has 0 radical (unpaired) electrons. The molecule has 0 bridgehead atoms. The number of hydrogen-bond donors (Lipinski definition) is 0. The van der Waals surface area contributed by atoms with Crippen LogP contribution in [0, 0.1) is 5.92 Å². The Bertz CT molecular complexity index is 755. The Morgan fingerprint density at radius 2 is 1.88 bits per heavy atom. The predicted octanol–water partition coefficient (Wildman–Crippen LogP) is 4.35. The van der Waals surface area contributed by atoms with Crippen LogP contribution in [0.15, 0.2) is 59.8 Å². The Labute approximate surface area is 155 Å². The number of nitrogens with zero attached hydrogens (tertiary/aromatic N) is 2. The second-order valence-corrected chi connectivity index (χ2v) is 7.50. The van der Waals surface area contributed by atoms with Gasteiger partial charge in [-0.05, 0) is 38.3 Å². The zero-order valence-corrected chi connectivity index (χ0v) is 16.0. The standard InChI is InChI=1S/C21H26N2O3/c1-7-11-16-19(24)23(20(25)26-21(4,5)6)18(14(2)3)17(22-16)15-12-9-8-10-13-15/h7-14,18H,1H2,2-6H3/b16-11-/t18-/m0/s1. The number of carbonyl (C=O) groups excluding carboxylic acids is 2. The zero-order valence-electron chi connectivity index (χ0n) is 16.0. The number of rotatable bonds is 3. The molecule has 2 amide bonds. The molecule has 1 aliphatic heterocycles. The van der Waals surface area contributed by atoms with Crippen LogP contribution < -0.4 is 0 Å². The average molecular weight is 354 g/mol. The number of carbonyl (C=O) groups is 2. The molecule has 0 unspecified atom stereocenters. The fourth-order valence-corrected chi connectivity index (χ4v) is 2.80. The van der Waals surface area contributed by atoms with Crippen LogP contribution in [0.2, 0.25) is 0 Å². The number of allylic oxidation sites excluding steroid dienone is 2. The van der Waals surface area contributed by atoms with Gasteiger partial charge in [0.15, 0.2) is 0 Å². The van der Waals surface area contributed by atoms with E-state index in [4.69, 9.17) is 4.74 Å². The van der Waals surface area contributed by atoms with Gasteiger partial charge in [0.25, 0.3) is 5.91 Å². The van der Waals surface area contributed by atoms with Crippen LogP contribution in [-0.4, -0.2) is 34.3 Å². The zero-order chi connectivity index (χ0) is 19.5. The van der Waals surface area contributed by atoms with Crippen molar-refractivity contribution in [2.75, 3.05) is 0 Å². The van der Waals surface area contributed by atoms with E-state index in [2.05, 4.69) is 11.6 Å². The number of aliphatic imine (C=N–C) groups is 1. The molecule has 0 spiro atoms. The van der Waals surface area contributed by atoms with Crippen molar-refractivity contribution in [3.05, 3.63) is 60.3 Å². The molecule has 138 valence electrons. The smallest absolute Gasteiger partial charge is 0.418 e. The average Bonchev–Trinajstić information content (AvgIpc) is 2.55. The van der Waals surface area contributed by atoms with Gasteiger partial charge in [0.05, 0.1) is 11.8 Å². The van der Waals surface area contributed by atoms with Crippen molar-refractivity contribution in [2.24, 2.45) is 10.9 Å². The summed E-state index contributed by atoms with van der Waals surface area (Å²) in [6.45, 7) is 12.9. The summed E-state index contributed by atoms with van der Waals surface area (Å²) in [5.74, 6) is -0.506. The van der Waals surface area contributed by atoms with E-state index in [1.54, 1.807) is 20.8 Å². The van der Waals surface area contributed by atoms with Gasteiger partial charge < -0.3 is 4.74 Å². The monoisotopic (exact) mass is 354 g/mol. The molecule has 1 heterocycles. The van der Waals surface area contributed by atoms with E-state index < -0.39 is 23.6 Å². The van der Waals surface area contributed by atoms with Crippen molar-refractivity contribution >= 4 is 17.7 Å². The second kappa shape index (κ2) is 7.68. The molecular weight excluding hydrogens is 328 g/mol. The van der Waals surface area contributed by atoms with Crippen molar-refractivity contribution in [2.45, 2.75) is 46.3 Å². The third-order valence-electron chi connectivity index (χ3n) is 3.80. The summed E-state index contributed by atoms with van der Waals surface area (Å²) in [5.41, 5.74) is 0.992. The highest BCUT2D eigenvalue weighted by atomic mass is 16.6. The molecule has 0 fully saturated rings.